The van der Waals surface area contributed by atoms with Gasteiger partial charge < -0.3 is 10.2 Å². The number of carbonyl (C=O) groups excluding carboxylic acids is 1. The normalized spacial score (nSPS) is 32.3. The maximum atomic E-state index is 13.1. The molecule has 110 valence electrons. The van der Waals surface area contributed by atoms with Crippen molar-refractivity contribution in [3.8, 4) is 0 Å². The summed E-state index contributed by atoms with van der Waals surface area (Å²) in [5.74, 6) is 0.452. The summed E-state index contributed by atoms with van der Waals surface area (Å²) in [6.07, 6.45) is 9.19. The molecule has 0 aromatic rings. The molecule has 0 radical (unpaired) electrons. The van der Waals surface area contributed by atoms with Gasteiger partial charge in [0.1, 0.15) is 0 Å². The van der Waals surface area contributed by atoms with E-state index in [1.807, 2.05) is 0 Å². The Morgan fingerprint density at radius 1 is 1.32 bits per heavy atom. The molecule has 19 heavy (non-hydrogen) atoms. The van der Waals surface area contributed by atoms with Gasteiger partial charge in [0.2, 0.25) is 5.91 Å². The van der Waals surface area contributed by atoms with E-state index in [4.69, 9.17) is 0 Å². The zero-order chi connectivity index (χ0) is 13.7. The third-order valence-electron chi connectivity index (χ3n) is 5.01. The SMILES string of the molecule is CCCC1(C(=O)N2CCCCC2CC)CCCNC1. The third kappa shape index (κ3) is 3.13. The third-order valence-corrected chi connectivity index (χ3v) is 5.01. The van der Waals surface area contributed by atoms with Gasteiger partial charge in [0.15, 0.2) is 0 Å². The van der Waals surface area contributed by atoms with Crippen molar-refractivity contribution >= 4 is 5.91 Å². The Balaban J connectivity index is 2.13. The summed E-state index contributed by atoms with van der Waals surface area (Å²) in [6.45, 7) is 7.39. The lowest BCUT2D eigenvalue weighted by atomic mass is 9.75. The summed E-state index contributed by atoms with van der Waals surface area (Å²) in [5, 5.41) is 3.47. The van der Waals surface area contributed by atoms with Crippen LogP contribution in [0.15, 0.2) is 0 Å². The standard InChI is InChI=1S/C16H30N2O/c1-3-9-16(10-7-11-17-13-16)15(19)18-12-6-5-8-14(18)4-2/h14,17H,3-13H2,1-2H3. The molecule has 2 atom stereocenters. The van der Waals surface area contributed by atoms with Gasteiger partial charge in [-0.25, -0.2) is 0 Å². The molecule has 0 spiro atoms. The number of nitrogens with one attached hydrogen (secondary N) is 1. The van der Waals surface area contributed by atoms with Crippen molar-refractivity contribution < 1.29 is 4.79 Å². The number of likely N-dealkylation sites (tertiary alicyclic amines) is 1. The molecule has 3 heteroatoms. The summed E-state index contributed by atoms with van der Waals surface area (Å²) in [6, 6.07) is 0.497. The molecule has 2 heterocycles. The van der Waals surface area contributed by atoms with Crippen LogP contribution in [0, 0.1) is 5.41 Å². The highest BCUT2D eigenvalue weighted by molar-refractivity contribution is 5.83. The number of piperidine rings is 2. The molecule has 3 nitrogen and oxygen atoms in total. The maximum absolute atomic E-state index is 13.1. The average Bonchev–Trinajstić information content (AvgIpc) is 2.47. The van der Waals surface area contributed by atoms with E-state index in [1.54, 1.807) is 0 Å². The van der Waals surface area contributed by atoms with Crippen LogP contribution in [0.1, 0.15) is 65.2 Å². The largest absolute Gasteiger partial charge is 0.339 e. The number of nitrogens with zero attached hydrogens (tertiary/aromatic N) is 1. The summed E-state index contributed by atoms with van der Waals surface area (Å²) < 4.78 is 0. The van der Waals surface area contributed by atoms with Crippen LogP contribution in [-0.4, -0.2) is 36.5 Å². The van der Waals surface area contributed by atoms with E-state index < -0.39 is 0 Å². The van der Waals surface area contributed by atoms with Crippen molar-refractivity contribution in [2.45, 2.75) is 71.3 Å². The molecule has 0 saturated carbocycles. The zero-order valence-electron chi connectivity index (χ0n) is 12.7. The molecule has 0 aromatic heterocycles. The first-order chi connectivity index (χ1) is 9.23. The fraction of sp³-hybridized carbons (Fsp3) is 0.938. The van der Waals surface area contributed by atoms with Crippen LogP contribution in [0.5, 0.6) is 0 Å². The highest BCUT2D eigenvalue weighted by atomic mass is 16.2. The lowest BCUT2D eigenvalue weighted by molar-refractivity contribution is -0.148. The molecule has 1 amide bonds. The zero-order valence-corrected chi connectivity index (χ0v) is 12.7. The molecule has 2 unspecified atom stereocenters. The van der Waals surface area contributed by atoms with Gasteiger partial charge in [-0.3, -0.25) is 4.79 Å². The molecule has 2 saturated heterocycles. The monoisotopic (exact) mass is 266 g/mol. The van der Waals surface area contributed by atoms with Gasteiger partial charge in [0.25, 0.3) is 0 Å². The number of carbonyl (C=O) groups is 1. The van der Waals surface area contributed by atoms with E-state index >= 15 is 0 Å². The minimum atomic E-state index is -0.0994. The summed E-state index contributed by atoms with van der Waals surface area (Å²) >= 11 is 0. The molecule has 0 aromatic carbocycles. The Kier molecular flexibility index (Phi) is 5.26. The number of rotatable bonds is 4. The van der Waals surface area contributed by atoms with E-state index in [0.29, 0.717) is 11.9 Å². The van der Waals surface area contributed by atoms with Crippen molar-refractivity contribution in [2.24, 2.45) is 5.41 Å². The molecule has 0 aliphatic carbocycles. The minimum absolute atomic E-state index is 0.0994. The topological polar surface area (TPSA) is 32.3 Å². The Hall–Kier alpha value is -0.570. The van der Waals surface area contributed by atoms with Crippen LogP contribution < -0.4 is 5.32 Å². The molecule has 2 aliphatic rings. The van der Waals surface area contributed by atoms with Crippen LogP contribution >= 0.6 is 0 Å². The molecular weight excluding hydrogens is 236 g/mol. The van der Waals surface area contributed by atoms with E-state index in [-0.39, 0.29) is 5.41 Å². The lowest BCUT2D eigenvalue weighted by Gasteiger charge is -2.44. The van der Waals surface area contributed by atoms with Crippen molar-refractivity contribution in [1.82, 2.24) is 10.2 Å². The van der Waals surface area contributed by atoms with Gasteiger partial charge in [-0.05, 0) is 51.5 Å². The van der Waals surface area contributed by atoms with Crippen molar-refractivity contribution in [3.05, 3.63) is 0 Å². The number of amides is 1. The van der Waals surface area contributed by atoms with Crippen LogP contribution in [-0.2, 0) is 4.79 Å². The van der Waals surface area contributed by atoms with Gasteiger partial charge in [-0.1, -0.05) is 20.3 Å². The number of hydrogen-bond donors (Lipinski definition) is 1. The molecule has 2 aliphatic heterocycles. The van der Waals surface area contributed by atoms with E-state index in [0.717, 1.165) is 51.7 Å². The fourth-order valence-electron chi connectivity index (χ4n) is 3.95. The van der Waals surface area contributed by atoms with Crippen LogP contribution in [0.3, 0.4) is 0 Å². The fourth-order valence-corrected chi connectivity index (χ4v) is 3.95. The van der Waals surface area contributed by atoms with Gasteiger partial charge in [0.05, 0.1) is 5.41 Å². The summed E-state index contributed by atoms with van der Waals surface area (Å²) in [4.78, 5) is 15.3. The first-order valence-electron chi connectivity index (χ1n) is 8.25. The molecular formula is C16H30N2O. The van der Waals surface area contributed by atoms with Crippen LogP contribution in [0.2, 0.25) is 0 Å². The Morgan fingerprint density at radius 2 is 2.16 bits per heavy atom. The number of hydrogen-bond acceptors (Lipinski definition) is 2. The molecule has 1 N–H and O–H groups in total. The highest BCUT2D eigenvalue weighted by Gasteiger charge is 2.43. The van der Waals surface area contributed by atoms with Gasteiger partial charge >= 0.3 is 0 Å². The summed E-state index contributed by atoms with van der Waals surface area (Å²) in [5.41, 5.74) is -0.0994. The van der Waals surface area contributed by atoms with E-state index in [9.17, 15) is 4.79 Å². The van der Waals surface area contributed by atoms with Crippen molar-refractivity contribution in [2.75, 3.05) is 19.6 Å². The quantitative estimate of drug-likeness (QED) is 0.848. The second kappa shape index (κ2) is 6.74. The molecule has 2 fully saturated rings. The Bertz CT molecular complexity index is 292. The first-order valence-corrected chi connectivity index (χ1v) is 8.25. The maximum Gasteiger partial charge on any atom is 0.230 e. The first kappa shape index (κ1) is 14.8. The van der Waals surface area contributed by atoms with Gasteiger partial charge in [0, 0.05) is 19.1 Å². The smallest absolute Gasteiger partial charge is 0.230 e. The molecule has 0 bridgehead atoms. The highest BCUT2D eigenvalue weighted by Crippen LogP contribution is 2.36. The second-order valence-electron chi connectivity index (χ2n) is 6.37. The van der Waals surface area contributed by atoms with Gasteiger partial charge in [-0.2, -0.15) is 0 Å². The predicted molar refractivity (Wildman–Crippen MR) is 79.1 cm³/mol. The van der Waals surface area contributed by atoms with Crippen molar-refractivity contribution in [3.63, 3.8) is 0 Å². The Labute approximate surface area is 118 Å². The predicted octanol–water partition coefficient (Wildman–Crippen LogP) is 2.95. The Morgan fingerprint density at radius 3 is 2.79 bits per heavy atom. The van der Waals surface area contributed by atoms with Crippen LogP contribution in [0.25, 0.3) is 0 Å². The molecule has 2 rings (SSSR count). The minimum Gasteiger partial charge on any atom is -0.339 e. The lowest BCUT2D eigenvalue weighted by Crippen LogP contribution is -2.55. The average molecular weight is 266 g/mol. The van der Waals surface area contributed by atoms with Crippen LogP contribution in [0.4, 0.5) is 0 Å². The van der Waals surface area contributed by atoms with E-state index in [2.05, 4.69) is 24.1 Å². The van der Waals surface area contributed by atoms with E-state index in [1.165, 1.54) is 19.3 Å². The van der Waals surface area contributed by atoms with Gasteiger partial charge in [-0.15, -0.1) is 0 Å². The second-order valence-corrected chi connectivity index (χ2v) is 6.37. The summed E-state index contributed by atoms with van der Waals surface area (Å²) in [7, 11) is 0. The van der Waals surface area contributed by atoms with Crippen molar-refractivity contribution in [1.29, 1.82) is 0 Å².